The third-order valence-electron chi connectivity index (χ3n) is 1.82. The first-order valence-corrected chi connectivity index (χ1v) is 4.45. The smallest absolute Gasteiger partial charge is 0.309 e. The first-order valence-electron chi connectivity index (χ1n) is 4.07. The van der Waals surface area contributed by atoms with E-state index in [1.807, 2.05) is 0 Å². The Morgan fingerprint density at radius 3 is 2.73 bits per heavy atom. The molecule has 0 radical (unpaired) electrons. The van der Waals surface area contributed by atoms with Crippen molar-refractivity contribution in [2.24, 2.45) is 0 Å². The summed E-state index contributed by atoms with van der Waals surface area (Å²) in [5.74, 6) is -1.22. The molecular formula is C9H8ClF2NO2. The molecule has 0 fully saturated rings. The first kappa shape index (κ1) is 11.8. The van der Waals surface area contributed by atoms with Crippen molar-refractivity contribution in [1.29, 1.82) is 0 Å². The molecule has 0 atom stereocenters. The Morgan fingerprint density at radius 2 is 2.27 bits per heavy atom. The van der Waals surface area contributed by atoms with Crippen molar-refractivity contribution in [2.75, 3.05) is 0 Å². The van der Waals surface area contributed by atoms with Crippen LogP contribution in [-0.2, 0) is 11.2 Å². The van der Waals surface area contributed by atoms with Crippen LogP contribution in [0, 0.1) is 6.92 Å². The van der Waals surface area contributed by atoms with Crippen molar-refractivity contribution in [3.63, 3.8) is 0 Å². The van der Waals surface area contributed by atoms with Gasteiger partial charge in [0.2, 0.25) is 0 Å². The van der Waals surface area contributed by atoms with Gasteiger partial charge in [-0.3, -0.25) is 4.79 Å². The van der Waals surface area contributed by atoms with E-state index in [0.717, 1.165) is 6.07 Å². The molecule has 0 bridgehead atoms. The molecule has 0 unspecified atom stereocenters. The van der Waals surface area contributed by atoms with Gasteiger partial charge < -0.3 is 5.11 Å². The number of carbonyl (C=O) groups is 1. The molecule has 0 spiro atoms. The molecule has 0 aliphatic carbocycles. The zero-order valence-corrected chi connectivity index (χ0v) is 8.55. The Hall–Kier alpha value is -1.23. The monoisotopic (exact) mass is 235 g/mol. The number of pyridine rings is 1. The molecular weight excluding hydrogens is 228 g/mol. The number of nitrogens with zero attached hydrogens (tertiary/aromatic N) is 1. The predicted octanol–water partition coefficient (Wildman–Crippen LogP) is 2.61. The lowest BCUT2D eigenvalue weighted by Gasteiger charge is -2.08. The summed E-state index contributed by atoms with van der Waals surface area (Å²) in [5, 5.41) is 8.56. The van der Waals surface area contributed by atoms with E-state index in [1.165, 1.54) is 6.92 Å². The third kappa shape index (κ3) is 2.86. The quantitative estimate of drug-likeness (QED) is 0.820. The topological polar surface area (TPSA) is 50.2 Å². The zero-order chi connectivity index (χ0) is 11.6. The van der Waals surface area contributed by atoms with Crippen LogP contribution in [0.3, 0.4) is 0 Å². The summed E-state index contributed by atoms with van der Waals surface area (Å²) in [6.07, 6.45) is -3.30. The summed E-state index contributed by atoms with van der Waals surface area (Å²) in [4.78, 5) is 14.1. The highest BCUT2D eigenvalue weighted by Gasteiger charge is 2.18. The fourth-order valence-electron chi connectivity index (χ4n) is 1.12. The van der Waals surface area contributed by atoms with E-state index in [2.05, 4.69) is 4.98 Å². The lowest BCUT2D eigenvalue weighted by Crippen LogP contribution is -2.07. The molecule has 1 aromatic rings. The number of alkyl halides is 2. The number of carboxylic acid groups (broad SMARTS) is 1. The Kier molecular flexibility index (Phi) is 3.57. The maximum atomic E-state index is 12.5. The van der Waals surface area contributed by atoms with Gasteiger partial charge in [0.1, 0.15) is 5.15 Å². The van der Waals surface area contributed by atoms with Crippen molar-refractivity contribution in [2.45, 2.75) is 19.8 Å². The molecule has 3 nitrogen and oxygen atoms in total. The number of rotatable bonds is 3. The zero-order valence-electron chi connectivity index (χ0n) is 7.80. The van der Waals surface area contributed by atoms with Crippen molar-refractivity contribution in [3.05, 3.63) is 28.0 Å². The summed E-state index contributed by atoms with van der Waals surface area (Å²) in [6, 6.07) is 1.16. The van der Waals surface area contributed by atoms with Crippen molar-refractivity contribution in [1.82, 2.24) is 4.98 Å². The van der Waals surface area contributed by atoms with E-state index in [1.54, 1.807) is 0 Å². The van der Waals surface area contributed by atoms with Crippen LogP contribution < -0.4 is 0 Å². The average Bonchev–Trinajstić information content (AvgIpc) is 2.09. The van der Waals surface area contributed by atoms with Gasteiger partial charge in [-0.1, -0.05) is 11.6 Å². The molecule has 1 rings (SSSR count). The number of hydrogen-bond donors (Lipinski definition) is 1. The molecule has 0 aliphatic rings. The van der Waals surface area contributed by atoms with Gasteiger partial charge in [0.25, 0.3) is 6.43 Å². The van der Waals surface area contributed by atoms with Crippen LogP contribution in [0.25, 0.3) is 0 Å². The second-order valence-electron chi connectivity index (χ2n) is 3.00. The number of aliphatic carboxylic acids is 1. The van der Waals surface area contributed by atoms with Gasteiger partial charge in [0, 0.05) is 5.56 Å². The summed E-state index contributed by atoms with van der Waals surface area (Å²) in [7, 11) is 0. The Labute approximate surface area is 89.7 Å². The van der Waals surface area contributed by atoms with Crippen LogP contribution in [0.2, 0.25) is 5.15 Å². The number of hydrogen-bond acceptors (Lipinski definition) is 2. The first-order chi connectivity index (χ1) is 6.91. The molecule has 0 saturated carbocycles. The highest BCUT2D eigenvalue weighted by molar-refractivity contribution is 6.30. The van der Waals surface area contributed by atoms with Crippen molar-refractivity contribution >= 4 is 17.6 Å². The van der Waals surface area contributed by atoms with E-state index in [0.29, 0.717) is 5.56 Å². The Morgan fingerprint density at radius 1 is 1.67 bits per heavy atom. The lowest BCUT2D eigenvalue weighted by molar-refractivity contribution is -0.136. The van der Waals surface area contributed by atoms with Gasteiger partial charge in [-0.25, -0.2) is 13.8 Å². The van der Waals surface area contributed by atoms with Gasteiger partial charge in [-0.2, -0.15) is 0 Å². The molecule has 6 heteroatoms. The minimum absolute atomic E-state index is 0.0515. The predicted molar refractivity (Wildman–Crippen MR) is 50.3 cm³/mol. The van der Waals surface area contributed by atoms with Crippen LogP contribution in [0.5, 0.6) is 0 Å². The normalized spacial score (nSPS) is 10.7. The third-order valence-corrected chi connectivity index (χ3v) is 2.20. The van der Waals surface area contributed by atoms with Gasteiger partial charge >= 0.3 is 5.97 Å². The van der Waals surface area contributed by atoms with Crippen LogP contribution in [-0.4, -0.2) is 16.1 Å². The average molecular weight is 236 g/mol. The van der Waals surface area contributed by atoms with Crippen molar-refractivity contribution in [3.8, 4) is 0 Å². The minimum Gasteiger partial charge on any atom is -0.481 e. The molecule has 1 N–H and O–H groups in total. The van der Waals surface area contributed by atoms with Crippen LogP contribution in [0.1, 0.15) is 23.2 Å². The molecule has 15 heavy (non-hydrogen) atoms. The Balaban J connectivity index is 3.21. The van der Waals surface area contributed by atoms with E-state index < -0.39 is 18.8 Å². The van der Waals surface area contributed by atoms with E-state index in [4.69, 9.17) is 16.7 Å². The molecule has 0 aromatic carbocycles. The molecule has 0 saturated heterocycles. The van der Waals surface area contributed by atoms with E-state index in [-0.39, 0.29) is 16.4 Å². The van der Waals surface area contributed by atoms with Crippen LogP contribution in [0.4, 0.5) is 8.78 Å². The van der Waals surface area contributed by atoms with Gasteiger partial charge in [0.05, 0.1) is 12.1 Å². The summed E-state index contributed by atoms with van der Waals surface area (Å²) in [6.45, 7) is 1.53. The van der Waals surface area contributed by atoms with Gasteiger partial charge in [0.15, 0.2) is 0 Å². The highest BCUT2D eigenvalue weighted by Crippen LogP contribution is 2.26. The number of carboxylic acids is 1. The molecule has 1 aromatic heterocycles. The summed E-state index contributed by atoms with van der Waals surface area (Å²) >= 11 is 5.62. The second kappa shape index (κ2) is 4.53. The minimum atomic E-state index is -2.75. The fourth-order valence-corrected chi connectivity index (χ4v) is 1.28. The van der Waals surface area contributed by atoms with E-state index >= 15 is 0 Å². The SMILES string of the molecule is Cc1cc(C(F)F)c(CC(=O)O)nc1Cl. The van der Waals surface area contributed by atoms with Gasteiger partial charge in [-0.05, 0) is 18.6 Å². The maximum Gasteiger partial charge on any atom is 0.309 e. The molecule has 82 valence electrons. The Bertz CT molecular complexity index is 396. The summed E-state index contributed by atoms with van der Waals surface area (Å²) < 4.78 is 25.0. The molecule has 0 aliphatic heterocycles. The maximum absolute atomic E-state index is 12.5. The van der Waals surface area contributed by atoms with Gasteiger partial charge in [-0.15, -0.1) is 0 Å². The molecule has 1 heterocycles. The molecule has 0 amide bonds. The lowest BCUT2D eigenvalue weighted by atomic mass is 10.1. The number of aryl methyl sites for hydroxylation is 1. The van der Waals surface area contributed by atoms with Crippen LogP contribution in [0.15, 0.2) is 6.07 Å². The largest absolute Gasteiger partial charge is 0.481 e. The fraction of sp³-hybridized carbons (Fsp3) is 0.333. The van der Waals surface area contributed by atoms with Crippen molar-refractivity contribution < 1.29 is 18.7 Å². The summed E-state index contributed by atoms with van der Waals surface area (Å²) in [5.41, 5.74) is -0.159. The van der Waals surface area contributed by atoms with Crippen LogP contribution >= 0.6 is 11.6 Å². The van der Waals surface area contributed by atoms with E-state index in [9.17, 15) is 13.6 Å². The standard InChI is InChI=1S/C9H8ClF2NO2/c1-4-2-5(9(11)12)6(3-7(14)15)13-8(4)10/h2,9H,3H2,1H3,(H,14,15). The highest BCUT2D eigenvalue weighted by atomic mass is 35.5. The second-order valence-corrected chi connectivity index (χ2v) is 3.36. The number of aromatic nitrogens is 1. The number of halogens is 3.